The molecule has 0 unspecified atom stereocenters. The molecule has 6 heteroatoms. The van der Waals surface area contributed by atoms with Crippen molar-refractivity contribution in [3.05, 3.63) is 45.6 Å². The van der Waals surface area contributed by atoms with Gasteiger partial charge in [-0.15, -0.1) is 0 Å². The number of aromatic nitrogens is 1. The van der Waals surface area contributed by atoms with Crippen molar-refractivity contribution in [3.63, 3.8) is 0 Å². The topological polar surface area (TPSA) is 73.2 Å². The highest BCUT2D eigenvalue weighted by Crippen LogP contribution is 2.33. The third-order valence-corrected chi connectivity index (χ3v) is 5.09. The number of rotatable bonds is 3. The van der Waals surface area contributed by atoms with Crippen molar-refractivity contribution in [2.45, 2.75) is 33.0 Å². The number of pyridine rings is 1. The molecule has 1 aromatic carbocycles. The quantitative estimate of drug-likeness (QED) is 0.849. The number of anilines is 1. The SMILES string of the molecule is COc1ccc(-n2c(N)c(C#N)c3c(c2=S)CO[C@@H](C(C)C)C3)cc1. The summed E-state index contributed by atoms with van der Waals surface area (Å²) in [5, 5.41) is 9.71. The van der Waals surface area contributed by atoms with Crippen molar-refractivity contribution in [3.8, 4) is 17.5 Å². The molecular formula is C19H21N3O2S. The Labute approximate surface area is 152 Å². The Morgan fingerprint density at radius 3 is 2.56 bits per heavy atom. The zero-order valence-corrected chi connectivity index (χ0v) is 15.4. The zero-order valence-electron chi connectivity index (χ0n) is 14.6. The van der Waals surface area contributed by atoms with Crippen LogP contribution in [0, 0.1) is 21.9 Å². The van der Waals surface area contributed by atoms with Crippen LogP contribution >= 0.6 is 12.2 Å². The molecule has 0 amide bonds. The fourth-order valence-electron chi connectivity index (χ4n) is 3.16. The van der Waals surface area contributed by atoms with Gasteiger partial charge in [0.15, 0.2) is 0 Å². The van der Waals surface area contributed by atoms with Crippen molar-refractivity contribution in [1.29, 1.82) is 5.26 Å². The molecule has 3 rings (SSSR count). The molecule has 0 aliphatic carbocycles. The number of hydrogen-bond donors (Lipinski definition) is 1. The van der Waals surface area contributed by atoms with Crippen molar-refractivity contribution >= 4 is 18.0 Å². The largest absolute Gasteiger partial charge is 0.497 e. The highest BCUT2D eigenvalue weighted by Gasteiger charge is 2.28. The van der Waals surface area contributed by atoms with Crippen molar-refractivity contribution in [2.24, 2.45) is 5.92 Å². The van der Waals surface area contributed by atoms with Crippen molar-refractivity contribution in [1.82, 2.24) is 4.57 Å². The van der Waals surface area contributed by atoms with E-state index >= 15 is 0 Å². The standard InChI is InChI=1S/C19H21N3O2S/c1-11(2)17-8-14-15(9-20)18(21)22(19(25)16(14)10-24-17)12-4-6-13(23-3)7-5-12/h4-7,11,17H,8,10,21H2,1-3H3/t17-/m1/s1. The molecule has 130 valence electrons. The highest BCUT2D eigenvalue weighted by molar-refractivity contribution is 7.71. The van der Waals surface area contributed by atoms with Gasteiger partial charge in [-0.05, 0) is 35.7 Å². The molecule has 0 fully saturated rings. The molecule has 0 spiro atoms. The van der Waals surface area contributed by atoms with E-state index in [2.05, 4.69) is 19.9 Å². The van der Waals surface area contributed by atoms with Crippen LogP contribution in [-0.2, 0) is 17.8 Å². The molecule has 0 saturated carbocycles. The summed E-state index contributed by atoms with van der Waals surface area (Å²) in [5.74, 6) is 1.49. The van der Waals surface area contributed by atoms with Gasteiger partial charge in [-0.3, -0.25) is 4.57 Å². The molecule has 1 atom stereocenters. The van der Waals surface area contributed by atoms with E-state index < -0.39 is 0 Å². The zero-order chi connectivity index (χ0) is 18.1. The summed E-state index contributed by atoms with van der Waals surface area (Å²) in [7, 11) is 1.62. The van der Waals surface area contributed by atoms with E-state index in [1.165, 1.54) is 0 Å². The molecule has 5 nitrogen and oxygen atoms in total. The third-order valence-electron chi connectivity index (χ3n) is 4.66. The van der Waals surface area contributed by atoms with Crippen LogP contribution in [0.2, 0.25) is 0 Å². The molecule has 0 saturated heterocycles. The lowest BCUT2D eigenvalue weighted by Crippen LogP contribution is -2.29. The summed E-state index contributed by atoms with van der Waals surface area (Å²) in [6.45, 7) is 4.63. The summed E-state index contributed by atoms with van der Waals surface area (Å²) < 4.78 is 13.5. The summed E-state index contributed by atoms with van der Waals surface area (Å²) in [5.41, 5.74) is 9.45. The molecule has 1 aliphatic heterocycles. The second-order valence-corrected chi connectivity index (χ2v) is 6.85. The molecule has 25 heavy (non-hydrogen) atoms. The average molecular weight is 355 g/mol. The van der Waals surface area contributed by atoms with Crippen molar-refractivity contribution in [2.75, 3.05) is 12.8 Å². The lowest BCUT2D eigenvalue weighted by molar-refractivity contribution is -0.000853. The molecule has 0 radical (unpaired) electrons. The van der Waals surface area contributed by atoms with Gasteiger partial charge in [-0.1, -0.05) is 26.1 Å². The first-order valence-corrected chi connectivity index (χ1v) is 8.61. The maximum atomic E-state index is 9.71. The van der Waals surface area contributed by atoms with E-state index in [4.69, 9.17) is 27.4 Å². The maximum absolute atomic E-state index is 9.71. The second-order valence-electron chi connectivity index (χ2n) is 6.47. The van der Waals surface area contributed by atoms with Gasteiger partial charge >= 0.3 is 0 Å². The second kappa shape index (κ2) is 6.87. The maximum Gasteiger partial charge on any atom is 0.127 e. The van der Waals surface area contributed by atoms with Crippen LogP contribution < -0.4 is 10.5 Å². The predicted octanol–water partition coefficient (Wildman–Crippen LogP) is 3.77. The van der Waals surface area contributed by atoms with E-state index in [9.17, 15) is 5.26 Å². The van der Waals surface area contributed by atoms with E-state index in [1.807, 2.05) is 24.3 Å². The summed E-state index contributed by atoms with van der Waals surface area (Å²) in [6, 6.07) is 9.70. The van der Waals surface area contributed by atoms with Gasteiger partial charge in [0.1, 0.15) is 22.3 Å². The Morgan fingerprint density at radius 2 is 2.00 bits per heavy atom. The van der Waals surface area contributed by atoms with Gasteiger partial charge in [0.25, 0.3) is 0 Å². The lowest BCUT2D eigenvalue weighted by Gasteiger charge is -2.30. The molecule has 2 heterocycles. The predicted molar refractivity (Wildman–Crippen MR) is 99.4 cm³/mol. The van der Waals surface area contributed by atoms with Crippen LogP contribution in [0.1, 0.15) is 30.5 Å². The van der Waals surface area contributed by atoms with Crippen LogP contribution in [0.3, 0.4) is 0 Å². The van der Waals surface area contributed by atoms with Gasteiger partial charge in [-0.25, -0.2) is 0 Å². The van der Waals surface area contributed by atoms with Crippen LogP contribution in [0.15, 0.2) is 24.3 Å². The van der Waals surface area contributed by atoms with E-state index in [0.29, 0.717) is 35.0 Å². The molecule has 1 aliphatic rings. The van der Waals surface area contributed by atoms with Crippen LogP contribution in [0.5, 0.6) is 5.75 Å². The molecule has 0 bridgehead atoms. The number of ether oxygens (including phenoxy) is 2. The van der Waals surface area contributed by atoms with Gasteiger partial charge in [0, 0.05) is 17.7 Å². The van der Waals surface area contributed by atoms with Crippen LogP contribution in [0.25, 0.3) is 5.69 Å². The summed E-state index contributed by atoms with van der Waals surface area (Å²) in [4.78, 5) is 0. The summed E-state index contributed by atoms with van der Waals surface area (Å²) >= 11 is 5.68. The fourth-order valence-corrected chi connectivity index (χ4v) is 3.54. The minimum atomic E-state index is 0.0743. The number of methoxy groups -OCH3 is 1. The van der Waals surface area contributed by atoms with Gasteiger partial charge in [0.05, 0.1) is 25.4 Å². The first kappa shape index (κ1) is 17.5. The van der Waals surface area contributed by atoms with E-state index in [1.54, 1.807) is 11.7 Å². The Kier molecular flexibility index (Phi) is 4.80. The number of hydrogen-bond acceptors (Lipinski definition) is 5. The van der Waals surface area contributed by atoms with Gasteiger partial charge < -0.3 is 15.2 Å². The van der Waals surface area contributed by atoms with Crippen LogP contribution in [-0.4, -0.2) is 17.8 Å². The first-order chi connectivity index (χ1) is 12.0. The third kappa shape index (κ3) is 3.01. The average Bonchev–Trinajstić information content (AvgIpc) is 2.62. The van der Waals surface area contributed by atoms with Gasteiger partial charge in [-0.2, -0.15) is 5.26 Å². The van der Waals surface area contributed by atoms with Gasteiger partial charge in [0.2, 0.25) is 0 Å². The number of benzene rings is 1. The minimum Gasteiger partial charge on any atom is -0.497 e. The summed E-state index contributed by atoms with van der Waals surface area (Å²) in [6.07, 6.45) is 0.734. The number of nitrogens with two attached hydrogens (primary N) is 1. The molecule has 2 N–H and O–H groups in total. The Bertz CT molecular complexity index is 895. The first-order valence-electron chi connectivity index (χ1n) is 8.20. The molecule has 1 aromatic heterocycles. The van der Waals surface area contributed by atoms with Crippen molar-refractivity contribution < 1.29 is 9.47 Å². The Morgan fingerprint density at radius 1 is 1.32 bits per heavy atom. The fraction of sp³-hybridized carbons (Fsp3) is 0.368. The number of nitrogens with zero attached hydrogens (tertiary/aromatic N) is 2. The smallest absolute Gasteiger partial charge is 0.127 e. The lowest BCUT2D eigenvalue weighted by atomic mass is 9.91. The number of nitrogen functional groups attached to an aromatic ring is 1. The highest BCUT2D eigenvalue weighted by atomic mass is 32.1. The molecular weight excluding hydrogens is 334 g/mol. The number of nitriles is 1. The number of fused-ring (bicyclic) bond motifs is 1. The monoisotopic (exact) mass is 355 g/mol. The van der Waals surface area contributed by atoms with Crippen LogP contribution in [0.4, 0.5) is 5.82 Å². The van der Waals surface area contributed by atoms with E-state index in [-0.39, 0.29) is 6.10 Å². The molecule has 2 aromatic rings. The Hall–Kier alpha value is -2.36. The minimum absolute atomic E-state index is 0.0743. The Balaban J connectivity index is 2.19. The normalized spacial score (nSPS) is 16.4. The van der Waals surface area contributed by atoms with E-state index in [0.717, 1.165) is 22.6 Å².